The maximum Gasteiger partial charge on any atom is 0.306 e. The molecule has 1 aliphatic rings. The Balaban J connectivity index is 1.52. The molecule has 0 spiro atoms. The van der Waals surface area contributed by atoms with Gasteiger partial charge in [-0.2, -0.15) is 4.72 Å². The number of nitrogens with two attached hydrogens (primary N) is 1. The predicted octanol–water partition coefficient (Wildman–Crippen LogP) is 3.02. The molecule has 1 amide bonds. The van der Waals surface area contributed by atoms with Crippen LogP contribution in [0, 0.1) is 17.2 Å². The number of aliphatic carboxylic acids is 1. The van der Waals surface area contributed by atoms with E-state index in [1.54, 1.807) is 36.4 Å². The highest BCUT2D eigenvalue weighted by Crippen LogP contribution is 2.28. The molecule has 0 bridgehead atoms. The Morgan fingerprint density at radius 3 is 2.37 bits per heavy atom. The third-order valence-electron chi connectivity index (χ3n) is 7.08. The van der Waals surface area contributed by atoms with E-state index in [1.807, 2.05) is 24.3 Å². The maximum atomic E-state index is 13.4. The van der Waals surface area contributed by atoms with Crippen LogP contribution in [0.25, 0.3) is 10.8 Å². The highest BCUT2D eigenvalue weighted by Gasteiger charge is 2.29. The van der Waals surface area contributed by atoms with Crippen LogP contribution in [0.5, 0.6) is 0 Å². The molecule has 1 atom stereocenters. The number of benzene rings is 3. The van der Waals surface area contributed by atoms with Crippen molar-refractivity contribution in [3.05, 3.63) is 77.9 Å². The zero-order valence-corrected chi connectivity index (χ0v) is 21.7. The monoisotopic (exact) mass is 536 g/mol. The largest absolute Gasteiger partial charge is 0.481 e. The molecule has 9 nitrogen and oxygen atoms in total. The lowest BCUT2D eigenvalue weighted by molar-refractivity contribution is -0.143. The van der Waals surface area contributed by atoms with Crippen molar-refractivity contribution in [3.63, 3.8) is 0 Å². The second kappa shape index (κ2) is 11.7. The molecule has 0 aromatic heterocycles. The standard InChI is InChI=1S/C28H32N4O5S/c29-26(30)23-7-3-4-19(14-23)15-25(27(33)31-17-18-8-10-21(11-9-18)28(34)35)32-38(36,37)24-13-12-20-5-1-2-6-22(20)16-24/h1-7,12-14,16,18,21,25,32H,8-11,15,17H2,(H3,29,30)(H,31,33)(H,34,35)/t18?,21?,25-/m0/s1. The summed E-state index contributed by atoms with van der Waals surface area (Å²) in [7, 11) is -4.05. The number of fused-ring (bicyclic) bond motifs is 1. The van der Waals surface area contributed by atoms with E-state index >= 15 is 0 Å². The van der Waals surface area contributed by atoms with Gasteiger partial charge in [0, 0.05) is 12.1 Å². The van der Waals surface area contributed by atoms with Crippen molar-refractivity contribution in [1.29, 1.82) is 5.41 Å². The van der Waals surface area contributed by atoms with Crippen LogP contribution in [0.1, 0.15) is 36.8 Å². The van der Waals surface area contributed by atoms with E-state index in [9.17, 15) is 23.1 Å². The number of carbonyl (C=O) groups excluding carboxylic acids is 1. The van der Waals surface area contributed by atoms with Crippen LogP contribution in [0.15, 0.2) is 71.6 Å². The van der Waals surface area contributed by atoms with Crippen molar-refractivity contribution in [2.45, 2.75) is 43.0 Å². The third-order valence-corrected chi connectivity index (χ3v) is 8.55. The number of amidine groups is 1. The minimum absolute atomic E-state index is 0.0541. The third kappa shape index (κ3) is 6.76. The van der Waals surface area contributed by atoms with Crippen molar-refractivity contribution in [3.8, 4) is 0 Å². The summed E-state index contributed by atoms with van der Waals surface area (Å²) in [6.07, 6.45) is 2.56. The average Bonchev–Trinajstić information content (AvgIpc) is 2.91. The lowest BCUT2D eigenvalue weighted by Crippen LogP contribution is -2.49. The number of nitrogens with one attached hydrogen (secondary N) is 3. The van der Waals surface area contributed by atoms with Crippen LogP contribution >= 0.6 is 0 Å². The van der Waals surface area contributed by atoms with E-state index < -0.39 is 27.9 Å². The maximum absolute atomic E-state index is 13.4. The predicted molar refractivity (Wildman–Crippen MR) is 145 cm³/mol. The van der Waals surface area contributed by atoms with Gasteiger partial charge in [-0.15, -0.1) is 0 Å². The van der Waals surface area contributed by atoms with Crippen LogP contribution in [0.3, 0.4) is 0 Å². The fourth-order valence-corrected chi connectivity index (χ4v) is 6.09. The van der Waals surface area contributed by atoms with E-state index in [0.717, 1.165) is 10.8 Å². The highest BCUT2D eigenvalue weighted by molar-refractivity contribution is 7.89. The molecule has 1 aliphatic carbocycles. The molecule has 10 heteroatoms. The Morgan fingerprint density at radius 1 is 0.974 bits per heavy atom. The molecule has 3 aromatic rings. The Bertz CT molecular complexity index is 1450. The summed E-state index contributed by atoms with van der Waals surface area (Å²) in [5.74, 6) is -1.60. The van der Waals surface area contributed by atoms with E-state index in [1.165, 1.54) is 6.07 Å². The zero-order chi connectivity index (χ0) is 27.3. The van der Waals surface area contributed by atoms with Gasteiger partial charge in [0.25, 0.3) is 0 Å². The van der Waals surface area contributed by atoms with Crippen LogP contribution < -0.4 is 15.8 Å². The second-order valence-electron chi connectivity index (χ2n) is 9.80. The summed E-state index contributed by atoms with van der Waals surface area (Å²) in [6.45, 7) is 0.340. The van der Waals surface area contributed by atoms with Crippen molar-refractivity contribution in [2.75, 3.05) is 6.54 Å². The first-order valence-corrected chi connectivity index (χ1v) is 14.1. The summed E-state index contributed by atoms with van der Waals surface area (Å²) in [4.78, 5) is 24.6. The summed E-state index contributed by atoms with van der Waals surface area (Å²) >= 11 is 0. The van der Waals surface area contributed by atoms with Crippen LogP contribution in [0.2, 0.25) is 0 Å². The highest BCUT2D eigenvalue weighted by atomic mass is 32.2. The number of nitrogen functional groups attached to an aromatic ring is 1. The first-order chi connectivity index (χ1) is 18.1. The molecular formula is C28H32N4O5S. The van der Waals surface area contributed by atoms with Crippen LogP contribution in [-0.2, 0) is 26.0 Å². The molecule has 0 saturated heterocycles. The van der Waals surface area contributed by atoms with Crippen LogP contribution in [0.4, 0.5) is 0 Å². The Kier molecular flexibility index (Phi) is 8.43. The normalized spacial score (nSPS) is 18.5. The number of carbonyl (C=O) groups is 2. The van der Waals surface area contributed by atoms with Gasteiger partial charge in [0.2, 0.25) is 15.9 Å². The Hall–Kier alpha value is -3.76. The number of amides is 1. The number of sulfonamides is 1. The number of hydrogen-bond donors (Lipinski definition) is 5. The van der Waals surface area contributed by atoms with Crippen LogP contribution in [-0.4, -0.2) is 43.8 Å². The van der Waals surface area contributed by atoms with E-state index in [-0.39, 0.29) is 29.0 Å². The zero-order valence-electron chi connectivity index (χ0n) is 20.9. The molecule has 0 radical (unpaired) electrons. The average molecular weight is 537 g/mol. The molecule has 6 N–H and O–H groups in total. The molecule has 38 heavy (non-hydrogen) atoms. The van der Waals surface area contributed by atoms with Crippen molar-refractivity contribution in [1.82, 2.24) is 10.0 Å². The van der Waals surface area contributed by atoms with Gasteiger partial charge in [0.15, 0.2) is 0 Å². The van der Waals surface area contributed by atoms with Gasteiger partial charge in [0.05, 0.1) is 10.8 Å². The number of rotatable bonds is 10. The summed E-state index contributed by atoms with van der Waals surface area (Å²) in [6, 6.07) is 17.9. The van der Waals surface area contributed by atoms with E-state index in [0.29, 0.717) is 43.4 Å². The Morgan fingerprint density at radius 2 is 1.68 bits per heavy atom. The van der Waals surface area contributed by atoms with Gasteiger partial charge in [-0.1, -0.05) is 48.5 Å². The quantitative estimate of drug-likeness (QED) is 0.198. The summed E-state index contributed by atoms with van der Waals surface area (Å²) in [5, 5.41) is 21.5. The van der Waals surface area contributed by atoms with Gasteiger partial charge in [-0.3, -0.25) is 15.0 Å². The molecule has 200 valence electrons. The van der Waals surface area contributed by atoms with Gasteiger partial charge >= 0.3 is 5.97 Å². The minimum atomic E-state index is -4.05. The molecular weight excluding hydrogens is 504 g/mol. The van der Waals surface area contributed by atoms with Gasteiger partial charge < -0.3 is 16.2 Å². The van der Waals surface area contributed by atoms with Crippen molar-refractivity contribution < 1.29 is 23.1 Å². The first-order valence-electron chi connectivity index (χ1n) is 12.6. The van der Waals surface area contributed by atoms with E-state index in [2.05, 4.69) is 10.0 Å². The summed E-state index contributed by atoms with van der Waals surface area (Å²) < 4.78 is 29.3. The van der Waals surface area contributed by atoms with Gasteiger partial charge in [0.1, 0.15) is 11.9 Å². The lowest BCUT2D eigenvalue weighted by Gasteiger charge is -2.27. The van der Waals surface area contributed by atoms with Gasteiger partial charge in [-0.25, -0.2) is 8.42 Å². The smallest absolute Gasteiger partial charge is 0.306 e. The first kappa shape index (κ1) is 27.3. The summed E-state index contributed by atoms with van der Waals surface area (Å²) in [5.41, 5.74) is 6.75. The molecule has 1 fully saturated rings. The number of hydrogen-bond acceptors (Lipinski definition) is 5. The topological polar surface area (TPSA) is 162 Å². The molecule has 0 heterocycles. The van der Waals surface area contributed by atoms with Crippen molar-refractivity contribution >= 4 is 38.5 Å². The molecule has 0 aliphatic heterocycles. The minimum Gasteiger partial charge on any atom is -0.481 e. The molecule has 1 saturated carbocycles. The SMILES string of the molecule is N=C(N)c1cccc(C[C@H](NS(=O)(=O)c2ccc3ccccc3c2)C(=O)NCC2CCC(C(=O)O)CC2)c1. The molecule has 3 aromatic carbocycles. The lowest BCUT2D eigenvalue weighted by atomic mass is 9.82. The fraction of sp³-hybridized carbons (Fsp3) is 0.321. The van der Waals surface area contributed by atoms with Crippen molar-refractivity contribution in [2.24, 2.45) is 17.6 Å². The van der Waals surface area contributed by atoms with Gasteiger partial charge in [-0.05, 0) is 72.6 Å². The molecule has 0 unspecified atom stereocenters. The Labute approximate surface area is 222 Å². The second-order valence-corrected chi connectivity index (χ2v) is 11.5. The fourth-order valence-electron chi connectivity index (χ4n) is 4.86. The molecule has 4 rings (SSSR count). The number of carboxylic acids is 1. The number of carboxylic acid groups (broad SMARTS) is 1. The van der Waals surface area contributed by atoms with E-state index in [4.69, 9.17) is 11.1 Å².